The summed E-state index contributed by atoms with van der Waals surface area (Å²) in [5.74, 6) is -3.31. The van der Waals surface area contributed by atoms with Crippen molar-refractivity contribution in [2.45, 2.75) is 17.7 Å². The molecule has 0 spiro atoms. The number of benzene rings is 1. The van der Waals surface area contributed by atoms with Gasteiger partial charge in [0.25, 0.3) is 5.92 Å². The third-order valence-electron chi connectivity index (χ3n) is 2.43. The fourth-order valence-electron chi connectivity index (χ4n) is 1.31. The molecule has 0 aliphatic rings. The molecule has 0 bridgehead atoms. The van der Waals surface area contributed by atoms with Crippen LogP contribution in [0, 0.1) is 18.3 Å². The highest BCUT2D eigenvalue weighted by molar-refractivity contribution is 7.89. The fourth-order valence-corrected chi connectivity index (χ4v) is 2.64. The van der Waals surface area contributed by atoms with Gasteiger partial charge in [0.1, 0.15) is 0 Å². The highest BCUT2D eigenvalue weighted by atomic mass is 32.2. The number of hydrogen-bond donors (Lipinski definition) is 2. The van der Waals surface area contributed by atoms with E-state index in [1.165, 1.54) is 19.1 Å². The molecule has 0 atom stereocenters. The second kappa shape index (κ2) is 5.61. The van der Waals surface area contributed by atoms with Crippen LogP contribution in [0.2, 0.25) is 0 Å². The molecule has 0 radical (unpaired) electrons. The van der Waals surface area contributed by atoms with E-state index in [1.807, 2.05) is 0 Å². The summed E-state index contributed by atoms with van der Waals surface area (Å²) < 4.78 is 51.5. The number of nitrogens with zero attached hydrogens (tertiary/aromatic N) is 1. The van der Waals surface area contributed by atoms with Gasteiger partial charge in [-0.15, -0.1) is 0 Å². The average Bonchev–Trinajstić information content (AvgIpc) is 2.37. The molecule has 5 nitrogen and oxygen atoms in total. The van der Waals surface area contributed by atoms with Crippen LogP contribution in [0.4, 0.5) is 8.78 Å². The smallest absolute Gasteiger partial charge is 0.273 e. The molecule has 0 fully saturated rings. The monoisotopic (exact) mass is 289 g/mol. The van der Waals surface area contributed by atoms with Crippen LogP contribution in [0.5, 0.6) is 0 Å². The molecule has 3 N–H and O–H groups in total. The zero-order valence-corrected chi connectivity index (χ0v) is 11.0. The largest absolute Gasteiger partial charge is 0.325 e. The molecule has 0 aliphatic carbocycles. The van der Waals surface area contributed by atoms with Gasteiger partial charge in [-0.3, -0.25) is 0 Å². The molecule has 0 amide bonds. The predicted octanol–water partition coefficient (Wildman–Crippen LogP) is 0.739. The van der Waals surface area contributed by atoms with Crippen molar-refractivity contribution in [1.82, 2.24) is 4.72 Å². The number of halogens is 2. The van der Waals surface area contributed by atoms with Crippen molar-refractivity contribution < 1.29 is 17.2 Å². The van der Waals surface area contributed by atoms with Gasteiger partial charge in [0.2, 0.25) is 10.0 Å². The lowest BCUT2D eigenvalue weighted by molar-refractivity contribution is 0.0170. The summed E-state index contributed by atoms with van der Waals surface area (Å²) in [4.78, 5) is -0.195. The third-order valence-corrected chi connectivity index (χ3v) is 3.97. The number of nitrogens with one attached hydrogen (secondary N) is 1. The van der Waals surface area contributed by atoms with E-state index < -0.39 is 29.0 Å². The van der Waals surface area contributed by atoms with E-state index in [4.69, 9.17) is 11.0 Å². The quantitative estimate of drug-likeness (QED) is 0.835. The summed E-state index contributed by atoms with van der Waals surface area (Å²) in [6, 6.07) is 5.81. The van der Waals surface area contributed by atoms with Crippen molar-refractivity contribution in [2.24, 2.45) is 5.73 Å². The van der Waals surface area contributed by atoms with Gasteiger partial charge in [0.05, 0.1) is 29.6 Å². The highest BCUT2D eigenvalue weighted by Gasteiger charge is 2.29. The number of aryl methyl sites for hydroxylation is 1. The molecule has 8 heteroatoms. The standard InChI is InChI=1S/C11H13F2N3O2S/c1-8-2-3-9(5-14)4-10(8)19(17,18)16-7-11(12,13)6-15/h2-4,16H,6-7,15H2,1H3. The second-order valence-electron chi connectivity index (χ2n) is 3.98. The fraction of sp³-hybridized carbons (Fsp3) is 0.364. The molecule has 0 aliphatic heterocycles. The van der Waals surface area contributed by atoms with E-state index in [9.17, 15) is 17.2 Å². The summed E-state index contributed by atoms with van der Waals surface area (Å²) in [7, 11) is -4.10. The first-order chi connectivity index (χ1) is 8.72. The summed E-state index contributed by atoms with van der Waals surface area (Å²) in [6.45, 7) is -0.522. The van der Waals surface area contributed by atoms with Gasteiger partial charge in [-0.1, -0.05) is 6.07 Å². The Kier molecular flexibility index (Phi) is 4.57. The van der Waals surface area contributed by atoms with Crippen molar-refractivity contribution in [3.8, 4) is 6.07 Å². The van der Waals surface area contributed by atoms with E-state index in [-0.39, 0.29) is 10.5 Å². The molecule has 19 heavy (non-hydrogen) atoms. The van der Waals surface area contributed by atoms with Crippen molar-refractivity contribution >= 4 is 10.0 Å². The second-order valence-corrected chi connectivity index (χ2v) is 5.71. The van der Waals surface area contributed by atoms with Crippen molar-refractivity contribution in [3.63, 3.8) is 0 Å². The molecule has 104 valence electrons. The van der Waals surface area contributed by atoms with Crippen LogP contribution >= 0.6 is 0 Å². The first-order valence-corrected chi connectivity index (χ1v) is 6.78. The lowest BCUT2D eigenvalue weighted by Gasteiger charge is -2.15. The van der Waals surface area contributed by atoms with Crippen LogP contribution in [-0.2, 0) is 10.0 Å². The van der Waals surface area contributed by atoms with Crippen molar-refractivity contribution in [3.05, 3.63) is 29.3 Å². The number of nitriles is 1. The SMILES string of the molecule is Cc1ccc(C#N)cc1S(=O)(=O)NCC(F)(F)CN. The Labute approximate surface area is 110 Å². The number of alkyl halides is 2. The summed E-state index contributed by atoms with van der Waals surface area (Å²) in [5, 5.41) is 8.71. The Morgan fingerprint density at radius 1 is 1.47 bits per heavy atom. The number of sulfonamides is 1. The van der Waals surface area contributed by atoms with Gasteiger partial charge in [-0.25, -0.2) is 21.9 Å². The lowest BCUT2D eigenvalue weighted by atomic mass is 10.2. The van der Waals surface area contributed by atoms with Crippen molar-refractivity contribution in [2.75, 3.05) is 13.1 Å². The molecule has 1 aromatic carbocycles. The van der Waals surface area contributed by atoms with Gasteiger partial charge in [-0.2, -0.15) is 5.26 Å². The van der Waals surface area contributed by atoms with Crippen LogP contribution in [0.25, 0.3) is 0 Å². The van der Waals surface area contributed by atoms with Gasteiger partial charge >= 0.3 is 0 Å². The molecule has 1 rings (SSSR count). The minimum atomic E-state index is -4.10. The average molecular weight is 289 g/mol. The maximum atomic E-state index is 12.9. The van der Waals surface area contributed by atoms with E-state index in [0.29, 0.717) is 5.56 Å². The minimum Gasteiger partial charge on any atom is -0.325 e. The maximum absolute atomic E-state index is 12.9. The van der Waals surface area contributed by atoms with E-state index in [1.54, 1.807) is 10.8 Å². The van der Waals surface area contributed by atoms with Gasteiger partial charge in [0.15, 0.2) is 0 Å². The maximum Gasteiger partial charge on any atom is 0.273 e. The Morgan fingerprint density at radius 3 is 2.63 bits per heavy atom. The number of hydrogen-bond acceptors (Lipinski definition) is 4. The Morgan fingerprint density at radius 2 is 2.11 bits per heavy atom. The molecule has 0 heterocycles. The predicted molar refractivity (Wildman–Crippen MR) is 65.1 cm³/mol. The molecular formula is C11H13F2N3O2S. The first kappa shape index (κ1) is 15.5. The zero-order valence-electron chi connectivity index (χ0n) is 10.2. The molecule has 0 saturated carbocycles. The highest BCUT2D eigenvalue weighted by Crippen LogP contribution is 2.18. The Bertz CT molecular complexity index is 609. The third kappa shape index (κ3) is 3.96. The van der Waals surface area contributed by atoms with Crippen LogP contribution in [0.1, 0.15) is 11.1 Å². The molecule has 0 saturated heterocycles. The van der Waals surface area contributed by atoms with Crippen LogP contribution in [-0.4, -0.2) is 27.4 Å². The van der Waals surface area contributed by atoms with Gasteiger partial charge < -0.3 is 5.73 Å². The Hall–Kier alpha value is -1.56. The van der Waals surface area contributed by atoms with Gasteiger partial charge in [0, 0.05) is 0 Å². The zero-order chi connectivity index (χ0) is 14.7. The van der Waals surface area contributed by atoms with E-state index in [0.717, 1.165) is 6.07 Å². The van der Waals surface area contributed by atoms with E-state index >= 15 is 0 Å². The van der Waals surface area contributed by atoms with Crippen LogP contribution in [0.3, 0.4) is 0 Å². The van der Waals surface area contributed by atoms with Crippen LogP contribution in [0.15, 0.2) is 23.1 Å². The summed E-state index contributed by atoms with van der Waals surface area (Å²) >= 11 is 0. The molecular weight excluding hydrogens is 276 g/mol. The normalized spacial score (nSPS) is 12.2. The summed E-state index contributed by atoms with van der Waals surface area (Å²) in [6.07, 6.45) is 0. The lowest BCUT2D eigenvalue weighted by Crippen LogP contribution is -2.41. The van der Waals surface area contributed by atoms with Gasteiger partial charge in [-0.05, 0) is 24.6 Å². The topological polar surface area (TPSA) is 96.0 Å². The molecule has 0 aromatic heterocycles. The first-order valence-electron chi connectivity index (χ1n) is 5.30. The van der Waals surface area contributed by atoms with Crippen molar-refractivity contribution in [1.29, 1.82) is 5.26 Å². The molecule has 0 unspecified atom stereocenters. The Balaban J connectivity index is 3.05. The number of rotatable bonds is 5. The number of nitrogens with two attached hydrogens (primary N) is 1. The summed E-state index contributed by atoms with van der Waals surface area (Å²) in [5.41, 5.74) is 5.32. The molecule has 1 aromatic rings. The van der Waals surface area contributed by atoms with E-state index in [2.05, 4.69) is 0 Å². The minimum absolute atomic E-state index is 0.136. The van der Waals surface area contributed by atoms with Crippen LogP contribution < -0.4 is 10.5 Å².